The van der Waals surface area contributed by atoms with Crippen LogP contribution in [0.4, 0.5) is 5.69 Å². The van der Waals surface area contributed by atoms with Crippen molar-refractivity contribution >= 4 is 36.5 Å². The van der Waals surface area contributed by atoms with Gasteiger partial charge in [0.1, 0.15) is 0 Å². The lowest BCUT2D eigenvalue weighted by Crippen LogP contribution is -2.41. The first-order chi connectivity index (χ1) is 12.5. The largest absolute Gasteiger partial charge is 0.492 e. The second kappa shape index (κ2) is 6.62. The quantitative estimate of drug-likeness (QED) is 0.624. The molecule has 2 N–H and O–H groups in total. The van der Waals surface area contributed by atoms with Gasteiger partial charge in [-0.25, -0.2) is 0 Å². The lowest BCUT2D eigenvalue weighted by Gasteiger charge is -2.32. The first-order valence-corrected chi connectivity index (χ1v) is 8.80. The summed E-state index contributed by atoms with van der Waals surface area (Å²) < 4.78 is 12.2. The average Bonchev–Trinajstić information content (AvgIpc) is 2.95. The Morgan fingerprint density at radius 2 is 1.81 bits per heavy atom. The first-order valence-electron chi connectivity index (χ1n) is 8.80. The molecule has 7 nitrogen and oxygen atoms in total. The van der Waals surface area contributed by atoms with Gasteiger partial charge < -0.3 is 19.9 Å². The van der Waals surface area contributed by atoms with E-state index in [9.17, 15) is 14.4 Å². The fraction of sp³-hybridized carbons (Fsp3) is 0.421. The summed E-state index contributed by atoms with van der Waals surface area (Å²) in [5.74, 6) is -1.33. The van der Waals surface area contributed by atoms with E-state index >= 15 is 0 Å². The molecule has 1 aromatic carbocycles. The third kappa shape index (κ3) is 3.68. The van der Waals surface area contributed by atoms with Crippen molar-refractivity contribution in [2.24, 2.45) is 0 Å². The number of anilines is 1. The van der Waals surface area contributed by atoms with Crippen molar-refractivity contribution in [3.05, 3.63) is 34.8 Å². The minimum absolute atomic E-state index is 0.163. The monoisotopic (exact) mass is 370 g/mol. The Hall–Kier alpha value is -2.45. The minimum atomic E-state index is -0.629. The summed E-state index contributed by atoms with van der Waals surface area (Å²) in [6, 6.07) is 5.08. The van der Waals surface area contributed by atoms with Crippen LogP contribution in [0, 0.1) is 0 Å². The lowest BCUT2D eigenvalue weighted by molar-refractivity contribution is -0.118. The maximum absolute atomic E-state index is 11.7. The topological polar surface area (TPSA) is 93.7 Å². The molecule has 0 unspecified atom stereocenters. The van der Waals surface area contributed by atoms with Gasteiger partial charge in [-0.2, -0.15) is 0 Å². The van der Waals surface area contributed by atoms with Gasteiger partial charge in [0.25, 0.3) is 11.7 Å². The van der Waals surface area contributed by atoms with Gasteiger partial charge in [-0.3, -0.25) is 14.4 Å². The predicted molar refractivity (Wildman–Crippen MR) is 102 cm³/mol. The highest BCUT2D eigenvalue weighted by atomic mass is 16.7. The number of carbonyl (C=O) groups is 3. The van der Waals surface area contributed by atoms with Crippen LogP contribution in [-0.4, -0.2) is 42.5 Å². The van der Waals surface area contributed by atoms with Crippen molar-refractivity contribution in [3.63, 3.8) is 0 Å². The molecule has 1 aromatic rings. The maximum atomic E-state index is 11.7. The third-order valence-corrected chi connectivity index (χ3v) is 5.19. The number of hydrogen-bond acceptors (Lipinski definition) is 5. The van der Waals surface area contributed by atoms with Crippen LogP contribution in [0.1, 0.15) is 50.5 Å². The Morgan fingerprint density at radius 3 is 2.41 bits per heavy atom. The highest BCUT2D eigenvalue weighted by Gasteiger charge is 2.52. The molecule has 1 saturated heterocycles. The fourth-order valence-corrected chi connectivity index (χ4v) is 2.89. The van der Waals surface area contributed by atoms with Gasteiger partial charge in [0.2, 0.25) is 5.91 Å². The Bertz CT molecular complexity index is 844. The molecule has 0 bridgehead atoms. The molecule has 142 valence electrons. The Labute approximate surface area is 158 Å². The summed E-state index contributed by atoms with van der Waals surface area (Å²) in [6.45, 7) is 9.53. The van der Waals surface area contributed by atoms with E-state index in [1.54, 1.807) is 18.2 Å². The van der Waals surface area contributed by atoms with E-state index < -0.39 is 30.0 Å². The fourth-order valence-electron chi connectivity index (χ4n) is 2.89. The number of hydrogen-bond donors (Lipinski definition) is 2. The van der Waals surface area contributed by atoms with Crippen LogP contribution in [-0.2, 0) is 18.9 Å². The van der Waals surface area contributed by atoms with Crippen LogP contribution in [0.3, 0.4) is 0 Å². The number of Topliss-reactive ketones (excluding diaryl/α,β-unsaturated/α-hetero) is 1. The molecule has 27 heavy (non-hydrogen) atoms. The van der Waals surface area contributed by atoms with Gasteiger partial charge in [0, 0.05) is 13.5 Å². The van der Waals surface area contributed by atoms with Crippen LogP contribution < -0.4 is 10.6 Å². The molecule has 2 heterocycles. The van der Waals surface area contributed by atoms with Crippen LogP contribution in [0.5, 0.6) is 0 Å². The van der Waals surface area contributed by atoms with Crippen molar-refractivity contribution in [3.8, 4) is 0 Å². The van der Waals surface area contributed by atoms with Gasteiger partial charge in [0.05, 0.1) is 22.5 Å². The molecule has 0 aromatic heterocycles. The summed E-state index contributed by atoms with van der Waals surface area (Å²) >= 11 is 0. The third-order valence-electron chi connectivity index (χ3n) is 5.19. The van der Waals surface area contributed by atoms with E-state index in [2.05, 4.69) is 10.6 Å². The molecule has 2 amide bonds. The standard InChI is InChI=1S/C19H23BN2O5/c1-11(23)21-10-13(20-26-18(2,3)19(4,5)27-20)8-12-6-7-14-15(9-12)22-17(25)16(14)24/h6-9H,10H2,1-5H3,(H,21,23)(H,22,24,25). The Morgan fingerprint density at radius 1 is 1.19 bits per heavy atom. The SMILES string of the molecule is CC(=O)NCC(=Cc1ccc2c(c1)NC(=O)C2=O)B1OC(C)(C)C(C)(C)O1. The van der Waals surface area contributed by atoms with E-state index in [1.807, 2.05) is 33.8 Å². The smallest absolute Gasteiger partial charge is 0.400 e. The van der Waals surface area contributed by atoms with Crippen LogP contribution >= 0.6 is 0 Å². The molecule has 1 fully saturated rings. The number of ketones is 1. The number of benzene rings is 1. The number of fused-ring (bicyclic) bond motifs is 1. The zero-order valence-corrected chi connectivity index (χ0v) is 16.1. The molecule has 0 radical (unpaired) electrons. The minimum Gasteiger partial charge on any atom is -0.400 e. The van der Waals surface area contributed by atoms with Gasteiger partial charge in [-0.15, -0.1) is 0 Å². The highest BCUT2D eigenvalue weighted by Crippen LogP contribution is 2.39. The summed E-state index contributed by atoms with van der Waals surface area (Å²) in [5.41, 5.74) is 1.32. The Kier molecular flexibility index (Phi) is 4.73. The zero-order chi connectivity index (χ0) is 20.0. The van der Waals surface area contributed by atoms with Gasteiger partial charge in [-0.05, 0) is 50.9 Å². The number of amides is 2. The van der Waals surface area contributed by atoms with Crippen molar-refractivity contribution in [2.45, 2.75) is 45.8 Å². The van der Waals surface area contributed by atoms with E-state index in [0.29, 0.717) is 11.3 Å². The molecule has 0 saturated carbocycles. The van der Waals surface area contributed by atoms with E-state index in [0.717, 1.165) is 11.0 Å². The van der Waals surface area contributed by atoms with Crippen LogP contribution in [0.25, 0.3) is 6.08 Å². The molecule has 8 heteroatoms. The molecular weight excluding hydrogens is 347 g/mol. The molecule has 0 spiro atoms. The predicted octanol–water partition coefficient (Wildman–Crippen LogP) is 1.97. The number of rotatable bonds is 4. The van der Waals surface area contributed by atoms with Gasteiger partial charge in [-0.1, -0.05) is 12.1 Å². The molecule has 2 aliphatic heterocycles. The van der Waals surface area contributed by atoms with Crippen molar-refractivity contribution < 1.29 is 23.7 Å². The first kappa shape index (κ1) is 19.3. The molecule has 0 aliphatic carbocycles. The van der Waals surface area contributed by atoms with Gasteiger partial charge in [0.15, 0.2) is 0 Å². The van der Waals surface area contributed by atoms with Crippen LogP contribution in [0.15, 0.2) is 23.7 Å². The molecular formula is C19H23BN2O5. The number of carbonyl (C=O) groups excluding carboxylic acids is 3. The zero-order valence-electron chi connectivity index (χ0n) is 16.1. The van der Waals surface area contributed by atoms with Gasteiger partial charge >= 0.3 is 7.12 Å². The average molecular weight is 370 g/mol. The van der Waals surface area contributed by atoms with Crippen molar-refractivity contribution in [2.75, 3.05) is 11.9 Å². The van der Waals surface area contributed by atoms with Crippen molar-refractivity contribution in [1.29, 1.82) is 0 Å². The number of nitrogens with one attached hydrogen (secondary N) is 2. The van der Waals surface area contributed by atoms with E-state index in [-0.39, 0.29) is 12.5 Å². The van der Waals surface area contributed by atoms with E-state index in [1.165, 1.54) is 6.92 Å². The highest BCUT2D eigenvalue weighted by molar-refractivity contribution is 6.56. The van der Waals surface area contributed by atoms with Crippen molar-refractivity contribution in [1.82, 2.24) is 5.32 Å². The summed E-state index contributed by atoms with van der Waals surface area (Å²) in [7, 11) is -0.619. The molecule has 0 atom stereocenters. The lowest BCUT2D eigenvalue weighted by atomic mass is 9.77. The normalized spacial score (nSPS) is 20.5. The second-order valence-corrected chi connectivity index (χ2v) is 7.81. The maximum Gasteiger partial charge on any atom is 0.492 e. The van der Waals surface area contributed by atoms with Crippen LogP contribution in [0.2, 0.25) is 0 Å². The Balaban J connectivity index is 1.92. The summed E-state index contributed by atoms with van der Waals surface area (Å²) in [6.07, 6.45) is 1.84. The summed E-state index contributed by atoms with van der Waals surface area (Å²) in [5, 5.41) is 5.33. The molecule has 2 aliphatic rings. The summed E-state index contributed by atoms with van der Waals surface area (Å²) in [4.78, 5) is 34.7. The molecule has 3 rings (SSSR count). The van der Waals surface area contributed by atoms with E-state index in [4.69, 9.17) is 9.31 Å². The second-order valence-electron chi connectivity index (χ2n) is 7.81.